The number of thiazole rings is 1. The fourth-order valence-electron chi connectivity index (χ4n) is 7.37. The van der Waals surface area contributed by atoms with E-state index >= 15 is 8.78 Å². The van der Waals surface area contributed by atoms with E-state index in [0.29, 0.717) is 62.9 Å². The Labute approximate surface area is 417 Å². The van der Waals surface area contributed by atoms with Gasteiger partial charge in [-0.15, -0.1) is 6.42 Å². The Morgan fingerprint density at radius 2 is 1.58 bits per heavy atom. The van der Waals surface area contributed by atoms with Crippen LogP contribution in [0.4, 0.5) is 13.9 Å². The summed E-state index contributed by atoms with van der Waals surface area (Å²) in [4.78, 5) is 39.7. The number of carbonyl (C=O) groups excluding carboxylic acids is 2. The van der Waals surface area contributed by atoms with Crippen LogP contribution in [0.5, 0.6) is 11.5 Å². The highest BCUT2D eigenvalue weighted by atomic mass is 32.1. The van der Waals surface area contributed by atoms with Crippen molar-refractivity contribution in [3.63, 3.8) is 0 Å². The number of nitrogens with one attached hydrogen (secondary N) is 1. The fraction of sp³-hybridized carbons (Fsp3) is 0.259. The van der Waals surface area contributed by atoms with Gasteiger partial charge in [-0.2, -0.15) is 10.1 Å². The number of halogens is 2. The van der Waals surface area contributed by atoms with Crippen LogP contribution in [0.15, 0.2) is 115 Å². The minimum Gasteiger partial charge on any atom is -0.494 e. The summed E-state index contributed by atoms with van der Waals surface area (Å²) in [6, 6.07) is 26.0. The lowest BCUT2D eigenvalue weighted by Gasteiger charge is -2.15. The van der Waals surface area contributed by atoms with Crippen LogP contribution in [0.2, 0.25) is 0 Å². The third-order valence-corrected chi connectivity index (χ3v) is 11.9. The molecule has 5 aromatic carbocycles. The molecule has 0 aliphatic carbocycles. The van der Waals surface area contributed by atoms with Gasteiger partial charge in [-0.3, -0.25) is 5.43 Å². The first kappa shape index (κ1) is 50.9. The van der Waals surface area contributed by atoms with Gasteiger partial charge in [0.2, 0.25) is 11.4 Å². The summed E-state index contributed by atoms with van der Waals surface area (Å²) in [6.45, 7) is 2.19. The van der Waals surface area contributed by atoms with Gasteiger partial charge in [-0.25, -0.2) is 28.3 Å². The number of benzene rings is 5. The standard InChI is InChI=1S/C54H49F2N5O10S/c1-2-46(62)67-29-9-26-65-30-31-69-53(64)44-21-20-43(49(55)50(44)56)45-32-37(33-59-61-54-60-51-52(72-54)58-25-24-57-51)40(41-10-5-6-11-42(41)45)22-23-47(63)71-39-18-14-36(15-19-39)35-12-16-38(17-13-35)66-27-7-3-4-8-28-68-48-34-70-48/h1,5-6,10-25,32-33,46,48,62H,3-4,7-9,26-31,34H2,(H,57,60,61)/b23-22+,59-33+. The van der Waals surface area contributed by atoms with Gasteiger partial charge in [-0.05, 0) is 107 Å². The van der Waals surface area contributed by atoms with Gasteiger partial charge in [0.25, 0.3) is 0 Å². The molecule has 0 spiro atoms. The van der Waals surface area contributed by atoms with Crippen LogP contribution in [0, 0.1) is 24.0 Å². The zero-order valence-electron chi connectivity index (χ0n) is 38.8. The van der Waals surface area contributed by atoms with Crippen molar-refractivity contribution in [1.82, 2.24) is 15.0 Å². The average molecular weight is 998 g/mol. The number of carbonyl (C=O) groups is 2. The number of unbranched alkanes of at least 4 members (excludes halogenated alkanes) is 3. The number of fused-ring (bicyclic) bond motifs is 2. The summed E-state index contributed by atoms with van der Waals surface area (Å²) in [5.74, 6) is -1.28. The molecule has 370 valence electrons. The maximum atomic E-state index is 16.2. The Bertz CT molecular complexity index is 3040. The molecular formula is C54H49F2N5O10S. The normalized spacial score (nSPS) is 13.7. The van der Waals surface area contributed by atoms with E-state index in [0.717, 1.165) is 55.2 Å². The molecule has 2 N–H and O–H groups in total. The van der Waals surface area contributed by atoms with Gasteiger partial charge in [-0.1, -0.05) is 72.4 Å². The second-order valence-corrected chi connectivity index (χ2v) is 17.0. The average Bonchev–Trinajstić information content (AvgIpc) is 4.14. The molecule has 0 bridgehead atoms. The summed E-state index contributed by atoms with van der Waals surface area (Å²) >= 11 is 1.23. The van der Waals surface area contributed by atoms with E-state index < -0.39 is 35.4 Å². The quantitative estimate of drug-likeness (QED) is 0.00601. The van der Waals surface area contributed by atoms with Gasteiger partial charge in [0.05, 0.1) is 31.6 Å². The molecule has 3 heterocycles. The van der Waals surface area contributed by atoms with Crippen LogP contribution in [0.25, 0.3) is 49.6 Å². The maximum Gasteiger partial charge on any atom is 0.341 e. The maximum absolute atomic E-state index is 16.2. The van der Waals surface area contributed by atoms with Crippen molar-refractivity contribution in [2.45, 2.75) is 44.7 Å². The highest BCUT2D eigenvalue weighted by Gasteiger charge is 2.24. The Kier molecular flexibility index (Phi) is 18.1. The molecule has 2 unspecified atom stereocenters. The molecule has 1 aliphatic heterocycles. The summed E-state index contributed by atoms with van der Waals surface area (Å²) in [5, 5.41) is 15.1. The van der Waals surface area contributed by atoms with E-state index in [2.05, 4.69) is 25.5 Å². The summed E-state index contributed by atoms with van der Waals surface area (Å²) in [6.07, 6.45) is 15.7. The smallest absolute Gasteiger partial charge is 0.341 e. The van der Waals surface area contributed by atoms with Crippen molar-refractivity contribution in [2.75, 3.05) is 51.7 Å². The summed E-state index contributed by atoms with van der Waals surface area (Å²) < 4.78 is 69.6. The lowest BCUT2D eigenvalue weighted by molar-refractivity contribution is -0.128. The third-order valence-electron chi connectivity index (χ3n) is 11.0. The lowest BCUT2D eigenvalue weighted by Crippen LogP contribution is -2.15. The van der Waals surface area contributed by atoms with Crippen molar-refractivity contribution >= 4 is 61.9 Å². The molecule has 72 heavy (non-hydrogen) atoms. The fourth-order valence-corrected chi connectivity index (χ4v) is 8.08. The third kappa shape index (κ3) is 14.1. The molecule has 1 aliphatic rings. The lowest BCUT2D eigenvalue weighted by atomic mass is 9.90. The Morgan fingerprint density at radius 3 is 2.33 bits per heavy atom. The topological polar surface area (TPSA) is 185 Å². The van der Waals surface area contributed by atoms with Crippen molar-refractivity contribution in [3.8, 4) is 46.1 Å². The monoisotopic (exact) mass is 997 g/mol. The molecule has 15 nitrogen and oxygen atoms in total. The first-order chi connectivity index (χ1) is 35.2. The van der Waals surface area contributed by atoms with Crippen molar-refractivity contribution in [3.05, 3.63) is 138 Å². The number of anilines is 1. The molecule has 18 heteroatoms. The Morgan fingerprint density at radius 1 is 0.847 bits per heavy atom. The number of aromatic nitrogens is 3. The summed E-state index contributed by atoms with van der Waals surface area (Å²) in [7, 11) is 0. The van der Waals surface area contributed by atoms with Crippen LogP contribution in [0.3, 0.4) is 0 Å². The molecule has 0 radical (unpaired) electrons. The zero-order chi connectivity index (χ0) is 50.1. The number of esters is 2. The van der Waals surface area contributed by atoms with Gasteiger partial charge in [0, 0.05) is 42.8 Å². The predicted octanol–water partition coefficient (Wildman–Crippen LogP) is 9.76. The van der Waals surface area contributed by atoms with Gasteiger partial charge in [0.15, 0.2) is 28.4 Å². The molecule has 1 fully saturated rings. The van der Waals surface area contributed by atoms with E-state index in [4.69, 9.17) is 39.6 Å². The number of epoxide rings is 1. The van der Waals surface area contributed by atoms with Gasteiger partial charge >= 0.3 is 11.9 Å². The van der Waals surface area contributed by atoms with E-state index in [-0.39, 0.29) is 43.8 Å². The predicted molar refractivity (Wildman–Crippen MR) is 268 cm³/mol. The largest absolute Gasteiger partial charge is 0.494 e. The van der Waals surface area contributed by atoms with E-state index in [1.807, 2.05) is 42.3 Å². The molecule has 7 aromatic rings. The molecule has 2 atom stereocenters. The van der Waals surface area contributed by atoms with Crippen LogP contribution in [0.1, 0.15) is 53.6 Å². The van der Waals surface area contributed by atoms with E-state index in [1.54, 1.807) is 54.7 Å². The molecule has 2 aromatic heterocycles. The molecule has 0 saturated carbocycles. The minimum absolute atomic E-state index is 0.00987. The van der Waals surface area contributed by atoms with Gasteiger partial charge < -0.3 is 38.3 Å². The number of hydrogen-bond acceptors (Lipinski definition) is 16. The number of hydrogen-bond donors (Lipinski definition) is 2. The molecule has 0 amide bonds. The van der Waals surface area contributed by atoms with E-state index in [1.165, 1.54) is 35.9 Å². The van der Waals surface area contributed by atoms with Gasteiger partial charge in [0.1, 0.15) is 24.7 Å². The first-order valence-corrected chi connectivity index (χ1v) is 23.9. The second kappa shape index (κ2) is 25.6. The van der Waals surface area contributed by atoms with E-state index in [9.17, 15) is 14.7 Å². The number of aliphatic hydroxyl groups is 1. The highest BCUT2D eigenvalue weighted by molar-refractivity contribution is 7.21. The minimum atomic E-state index is -1.40. The van der Waals surface area contributed by atoms with Crippen molar-refractivity contribution in [2.24, 2.45) is 5.10 Å². The van der Waals surface area contributed by atoms with Crippen molar-refractivity contribution in [1.29, 1.82) is 0 Å². The molecule has 1 saturated heterocycles. The number of rotatable bonds is 26. The number of ether oxygens (including phenoxy) is 7. The van der Waals surface area contributed by atoms with Crippen LogP contribution < -0.4 is 14.9 Å². The first-order valence-electron chi connectivity index (χ1n) is 23.1. The molecule has 8 rings (SSSR count). The van der Waals surface area contributed by atoms with Crippen LogP contribution >= 0.6 is 11.3 Å². The second-order valence-electron chi connectivity index (χ2n) is 16.0. The van der Waals surface area contributed by atoms with Crippen LogP contribution in [-0.2, 0) is 28.5 Å². The SMILES string of the molecule is C#CC(O)OCCCOCCOC(=O)c1ccc(-c2cc(/C=N/Nc3nc4nccnc4s3)c(/C=C/C(=O)Oc3ccc(-c4ccc(OCCCCCCOC5CO5)cc4)cc3)c3ccccc23)c(F)c1F. The van der Waals surface area contributed by atoms with Crippen molar-refractivity contribution < 1.29 is 56.6 Å². The Hall–Kier alpha value is -7.50. The highest BCUT2D eigenvalue weighted by Crippen LogP contribution is 2.37. The van der Waals surface area contributed by atoms with Crippen LogP contribution in [-0.4, -0.2) is 97.0 Å². The molecular weight excluding hydrogens is 949 g/mol. The Balaban J connectivity index is 0.948. The summed E-state index contributed by atoms with van der Waals surface area (Å²) in [5.41, 5.74) is 5.66. The number of terminal acetylenes is 1. The zero-order valence-corrected chi connectivity index (χ0v) is 39.7. The number of aliphatic hydroxyl groups excluding tert-OH is 1. The number of nitrogens with zero attached hydrogens (tertiary/aromatic N) is 4. The number of hydrazone groups is 1.